The standard InChI is InChI=1S/C25H48O13P2/c1-22(2,3)13-31-14-35-39(29,36-15-32-19(26)23(4,5)6)18-40(30,37-16-33-20(27)24(7,8)9)38-17-34-21(28)25(10,11)12/h13-18H2,1-12H3. The maximum Gasteiger partial charge on any atom is 0.348 e. The summed E-state index contributed by atoms with van der Waals surface area (Å²) in [7, 11) is -8.92. The molecule has 0 aromatic rings. The van der Waals surface area contributed by atoms with Crippen molar-refractivity contribution in [3.05, 3.63) is 0 Å². The molecule has 0 aliphatic heterocycles. The fraction of sp³-hybridized carbons (Fsp3) is 0.880. The van der Waals surface area contributed by atoms with Gasteiger partial charge in [0, 0.05) is 0 Å². The van der Waals surface area contributed by atoms with E-state index in [0.29, 0.717) is 0 Å². The Morgan fingerprint density at radius 2 is 0.775 bits per heavy atom. The largest absolute Gasteiger partial charge is 0.438 e. The fourth-order valence-electron chi connectivity index (χ4n) is 2.05. The van der Waals surface area contributed by atoms with Gasteiger partial charge in [-0.05, 0) is 67.7 Å². The van der Waals surface area contributed by atoms with Crippen LogP contribution in [0.2, 0.25) is 0 Å². The van der Waals surface area contributed by atoms with Crippen LogP contribution < -0.4 is 0 Å². The Bertz CT molecular complexity index is 898. The molecule has 0 rings (SSSR count). The van der Waals surface area contributed by atoms with Crippen LogP contribution in [0.3, 0.4) is 0 Å². The Morgan fingerprint density at radius 1 is 0.500 bits per heavy atom. The lowest BCUT2D eigenvalue weighted by atomic mass is 9.98. The number of ether oxygens (including phenoxy) is 4. The molecule has 1 unspecified atom stereocenters. The van der Waals surface area contributed by atoms with E-state index in [1.54, 1.807) is 62.3 Å². The van der Waals surface area contributed by atoms with Gasteiger partial charge in [-0.2, -0.15) is 0 Å². The highest BCUT2D eigenvalue weighted by Crippen LogP contribution is 2.64. The van der Waals surface area contributed by atoms with E-state index in [9.17, 15) is 23.5 Å². The van der Waals surface area contributed by atoms with Crippen LogP contribution in [0.4, 0.5) is 0 Å². The summed E-state index contributed by atoms with van der Waals surface area (Å²) < 4.78 is 68.7. The van der Waals surface area contributed by atoms with Gasteiger partial charge < -0.3 is 18.9 Å². The Morgan fingerprint density at radius 3 is 1.02 bits per heavy atom. The predicted octanol–water partition coefficient (Wildman–Crippen LogP) is 6.06. The lowest BCUT2D eigenvalue weighted by Crippen LogP contribution is -2.25. The molecule has 0 aliphatic rings. The van der Waals surface area contributed by atoms with Crippen LogP contribution >= 0.6 is 15.2 Å². The Balaban J connectivity index is 5.81. The smallest absolute Gasteiger partial charge is 0.348 e. The second-order valence-corrected chi connectivity index (χ2v) is 17.9. The molecule has 0 fully saturated rings. The molecule has 0 N–H and O–H groups in total. The molecule has 0 spiro atoms. The van der Waals surface area contributed by atoms with Crippen molar-refractivity contribution in [3.63, 3.8) is 0 Å². The van der Waals surface area contributed by atoms with Crippen molar-refractivity contribution in [2.75, 3.05) is 39.7 Å². The third-order valence-corrected chi connectivity index (χ3v) is 9.14. The zero-order valence-corrected chi connectivity index (χ0v) is 27.7. The van der Waals surface area contributed by atoms with Crippen LogP contribution in [0.25, 0.3) is 0 Å². The molecular formula is C25H48O13P2. The highest BCUT2D eigenvalue weighted by Gasteiger charge is 2.41. The molecule has 40 heavy (non-hydrogen) atoms. The summed E-state index contributed by atoms with van der Waals surface area (Å²) in [6, 6.07) is 0. The van der Waals surface area contributed by atoms with Gasteiger partial charge in [-0.3, -0.25) is 41.6 Å². The third kappa shape index (κ3) is 16.8. The van der Waals surface area contributed by atoms with Gasteiger partial charge in [-0.15, -0.1) is 0 Å². The molecule has 13 nitrogen and oxygen atoms in total. The molecule has 0 heterocycles. The Kier molecular flexibility index (Phi) is 14.7. The quantitative estimate of drug-likeness (QED) is 0.0686. The number of hydrogen-bond donors (Lipinski definition) is 0. The minimum absolute atomic E-state index is 0.224. The minimum Gasteiger partial charge on any atom is -0.438 e. The highest BCUT2D eigenvalue weighted by atomic mass is 31.2. The van der Waals surface area contributed by atoms with Crippen LogP contribution in [-0.4, -0.2) is 57.6 Å². The minimum atomic E-state index is -4.50. The van der Waals surface area contributed by atoms with Gasteiger partial charge in [0.25, 0.3) is 0 Å². The molecule has 15 heteroatoms. The van der Waals surface area contributed by atoms with Crippen molar-refractivity contribution in [1.29, 1.82) is 0 Å². The van der Waals surface area contributed by atoms with Crippen LogP contribution in [0.15, 0.2) is 0 Å². The lowest BCUT2D eigenvalue weighted by Gasteiger charge is -2.26. The van der Waals surface area contributed by atoms with Gasteiger partial charge in [0.05, 0.1) is 22.9 Å². The maximum atomic E-state index is 13.6. The van der Waals surface area contributed by atoms with E-state index in [1.807, 2.05) is 20.8 Å². The van der Waals surface area contributed by atoms with Crippen LogP contribution in [0.5, 0.6) is 0 Å². The summed E-state index contributed by atoms with van der Waals surface area (Å²) in [4.78, 5) is 36.4. The number of esters is 3. The van der Waals surface area contributed by atoms with Crippen molar-refractivity contribution in [2.24, 2.45) is 21.7 Å². The second kappa shape index (κ2) is 15.2. The molecule has 0 aromatic carbocycles. The first kappa shape index (κ1) is 38.7. The van der Waals surface area contributed by atoms with Gasteiger partial charge in [0.2, 0.25) is 20.4 Å². The molecule has 0 radical (unpaired) electrons. The van der Waals surface area contributed by atoms with Gasteiger partial charge in [0.1, 0.15) is 0 Å². The fourth-order valence-corrected chi connectivity index (χ4v) is 6.07. The van der Waals surface area contributed by atoms with Gasteiger partial charge >= 0.3 is 33.1 Å². The number of hydrogen-bond acceptors (Lipinski definition) is 13. The number of carbonyl (C=O) groups is 3. The van der Waals surface area contributed by atoms with Crippen LogP contribution in [0.1, 0.15) is 83.1 Å². The van der Waals surface area contributed by atoms with E-state index < -0.39 is 82.4 Å². The zero-order valence-electron chi connectivity index (χ0n) is 25.9. The summed E-state index contributed by atoms with van der Waals surface area (Å²) in [6.07, 6.45) is 0. The van der Waals surface area contributed by atoms with Crippen molar-refractivity contribution in [3.8, 4) is 0 Å². The van der Waals surface area contributed by atoms with Gasteiger partial charge in [-0.1, -0.05) is 20.8 Å². The zero-order chi connectivity index (χ0) is 31.6. The van der Waals surface area contributed by atoms with Crippen molar-refractivity contribution >= 4 is 33.1 Å². The lowest BCUT2D eigenvalue weighted by molar-refractivity contribution is -0.162. The van der Waals surface area contributed by atoms with Gasteiger partial charge in [-0.25, -0.2) is 0 Å². The molecule has 0 aliphatic carbocycles. The first-order valence-electron chi connectivity index (χ1n) is 12.7. The van der Waals surface area contributed by atoms with Crippen LogP contribution in [0, 0.1) is 21.7 Å². The van der Waals surface area contributed by atoms with Crippen molar-refractivity contribution in [2.45, 2.75) is 83.1 Å². The SMILES string of the molecule is CC(C)(C)COCOP(=O)(CP(=O)(OCOC(=O)C(C)(C)C)OCOC(=O)C(C)(C)C)OCOC(=O)C(C)(C)C. The average molecular weight is 619 g/mol. The molecule has 0 saturated carbocycles. The summed E-state index contributed by atoms with van der Waals surface area (Å²) in [5.74, 6) is -2.99. The average Bonchev–Trinajstić information content (AvgIpc) is 2.74. The topological polar surface area (TPSA) is 159 Å². The molecule has 0 aromatic heterocycles. The van der Waals surface area contributed by atoms with E-state index in [4.69, 9.17) is 37.0 Å². The molecule has 236 valence electrons. The second-order valence-electron chi connectivity index (χ2n) is 13.3. The Labute approximate surface area is 238 Å². The molecule has 0 bridgehead atoms. The maximum absolute atomic E-state index is 13.6. The van der Waals surface area contributed by atoms with Gasteiger partial charge in [0.15, 0.2) is 12.7 Å². The molecule has 0 saturated heterocycles. The predicted molar refractivity (Wildman–Crippen MR) is 146 cm³/mol. The molecule has 1 atom stereocenters. The first-order valence-corrected chi connectivity index (χ1v) is 16.1. The summed E-state index contributed by atoms with van der Waals surface area (Å²) in [5, 5.41) is 0. The summed E-state index contributed by atoms with van der Waals surface area (Å²) in [6.45, 7) is 17.4. The van der Waals surface area contributed by atoms with Crippen LogP contribution in [-0.2, 0) is 60.6 Å². The number of rotatable bonds is 15. The van der Waals surface area contributed by atoms with E-state index in [0.717, 1.165) is 0 Å². The summed E-state index contributed by atoms with van der Waals surface area (Å²) >= 11 is 0. The monoisotopic (exact) mass is 618 g/mol. The first-order chi connectivity index (χ1) is 17.8. The molecule has 0 amide bonds. The normalized spacial score (nSPS) is 14.8. The van der Waals surface area contributed by atoms with Crippen molar-refractivity contribution in [1.82, 2.24) is 0 Å². The molecular weight excluding hydrogens is 570 g/mol. The van der Waals surface area contributed by atoms with E-state index >= 15 is 0 Å². The van der Waals surface area contributed by atoms with E-state index in [1.165, 1.54) is 0 Å². The summed E-state index contributed by atoms with van der Waals surface area (Å²) in [5.41, 5.74) is -2.90. The highest BCUT2D eigenvalue weighted by molar-refractivity contribution is 7.71. The number of carbonyl (C=O) groups excluding carboxylic acids is 3. The van der Waals surface area contributed by atoms with E-state index in [-0.39, 0.29) is 12.0 Å². The van der Waals surface area contributed by atoms with Crippen molar-refractivity contribution < 1.29 is 60.6 Å². The third-order valence-electron chi connectivity index (χ3n) is 4.37. The van der Waals surface area contributed by atoms with E-state index in [2.05, 4.69) is 0 Å². The Hall–Kier alpha value is -1.33.